The number of hydrogen-bond donors (Lipinski definition) is 3. The van der Waals surface area contributed by atoms with Crippen LogP contribution in [0.4, 0.5) is 40.3 Å². The predicted molar refractivity (Wildman–Crippen MR) is 462 cm³/mol. The lowest BCUT2D eigenvalue weighted by Gasteiger charge is -2.23. The summed E-state index contributed by atoms with van der Waals surface area (Å²) in [6.45, 7) is 4.03. The molecule has 0 saturated heterocycles. The Balaban J connectivity index is 0.000000228. The van der Waals surface area contributed by atoms with Crippen molar-refractivity contribution in [3.8, 4) is 46.0 Å². The number of Topliss-reactive ketones (excluding diaryl/α,β-unsaturated/α-hetero) is 4. The number of ether oxygens (including phenoxy) is 11. The van der Waals surface area contributed by atoms with E-state index in [-0.39, 0.29) is 108 Å². The van der Waals surface area contributed by atoms with Gasteiger partial charge in [-0.3, -0.25) is 72.2 Å². The van der Waals surface area contributed by atoms with Crippen LogP contribution in [0.3, 0.4) is 0 Å². The minimum atomic E-state index is -3.08. The Morgan fingerprint density at radius 2 is 0.838 bits per heavy atom. The number of halogens is 9. The summed E-state index contributed by atoms with van der Waals surface area (Å²) in [5.74, 6) is -5.65. The third kappa shape index (κ3) is 28.8. The van der Waals surface area contributed by atoms with Crippen LogP contribution < -0.4 is 67.9 Å². The Hall–Kier alpha value is -12.3. The van der Waals surface area contributed by atoms with E-state index >= 15 is 0 Å². The Labute approximate surface area is 769 Å². The fourth-order valence-electron chi connectivity index (χ4n) is 12.4. The number of nitrogens with one attached hydrogen (secondary N) is 3. The van der Waals surface area contributed by atoms with E-state index in [4.69, 9.17) is 94.1 Å². The van der Waals surface area contributed by atoms with Gasteiger partial charge in [0.15, 0.2) is 47.8 Å². The molecule has 0 radical (unpaired) electrons. The average Bonchev–Trinajstić information content (AvgIpc) is 1.63. The van der Waals surface area contributed by atoms with Crippen molar-refractivity contribution in [2.75, 3.05) is 86.6 Å². The van der Waals surface area contributed by atoms with Crippen LogP contribution in [-0.4, -0.2) is 183 Å². The lowest BCUT2D eigenvalue weighted by atomic mass is 10.0. The molecule has 6 aromatic carbocycles. The molecular weight excluding hydrogens is 1870 g/mol. The van der Waals surface area contributed by atoms with Crippen molar-refractivity contribution < 1.29 is 158 Å². The number of ketones is 4. The third-order valence-corrected chi connectivity index (χ3v) is 20.6. The summed E-state index contributed by atoms with van der Waals surface area (Å²) in [5, 5.41) is 23.3. The van der Waals surface area contributed by atoms with Gasteiger partial charge in [0.25, 0.3) is 46.8 Å². The first kappa shape index (κ1) is 105. The molecule has 8 aromatic rings. The Morgan fingerprint density at radius 1 is 0.477 bits per heavy atom. The van der Waals surface area contributed by atoms with Gasteiger partial charge in [-0.1, -0.05) is 74.5 Å². The largest absolute Gasteiger partial charge is 0.870 e. The van der Waals surface area contributed by atoms with E-state index < -0.39 is 109 Å². The summed E-state index contributed by atoms with van der Waals surface area (Å²) in [4.78, 5) is 149. The predicted octanol–water partition coefficient (Wildman–Crippen LogP) is 13.8. The number of aliphatic hydroxyl groups is 1. The molecular formula is C88H89BrCl4F4N6O27. The van der Waals surface area contributed by atoms with Crippen LogP contribution in [0.25, 0.3) is 0 Å². The molecule has 0 bridgehead atoms. The van der Waals surface area contributed by atoms with E-state index in [9.17, 15) is 80.2 Å². The zero-order valence-corrected chi connectivity index (χ0v) is 75.7. The highest BCUT2D eigenvalue weighted by atomic mass is 79.9. The van der Waals surface area contributed by atoms with Gasteiger partial charge in [0, 0.05) is 48.2 Å². The van der Waals surface area contributed by atoms with Gasteiger partial charge in [-0.25, -0.2) is 9.97 Å². The van der Waals surface area contributed by atoms with Crippen molar-refractivity contribution in [1.29, 1.82) is 0 Å². The van der Waals surface area contributed by atoms with Crippen LogP contribution in [-0.2, 0) is 65.4 Å². The molecule has 14 rings (SSSR count). The topological polar surface area (TPSA) is 457 Å². The molecule has 2 aliphatic carbocycles. The number of esters is 3. The molecule has 6 heterocycles. The quantitative estimate of drug-likeness (QED) is 0.0135. The number of rotatable bonds is 28. The number of hydrogen-bond acceptors (Lipinski definition) is 26. The number of carboxylic acids is 1. The second kappa shape index (κ2) is 46.8. The Kier molecular flexibility index (Phi) is 37.7. The molecule has 696 valence electrons. The first-order chi connectivity index (χ1) is 60.5. The van der Waals surface area contributed by atoms with Crippen LogP contribution in [0, 0.1) is 11.8 Å². The summed E-state index contributed by atoms with van der Waals surface area (Å²) in [7, 11) is 5.89. The molecule has 0 unspecified atom stereocenters. The minimum absolute atomic E-state index is 0. The highest BCUT2D eigenvalue weighted by molar-refractivity contribution is 9.09. The number of aromatic nitrogens is 2. The molecule has 7 N–H and O–H groups in total. The smallest absolute Gasteiger partial charge is 0.387 e. The fourth-order valence-corrected chi connectivity index (χ4v) is 13.6. The van der Waals surface area contributed by atoms with Gasteiger partial charge >= 0.3 is 37.1 Å². The summed E-state index contributed by atoms with van der Waals surface area (Å²) in [5.41, 5.74) is 3.31. The lowest BCUT2D eigenvalue weighted by molar-refractivity contribution is -0.378. The molecule has 33 nitrogen and oxygen atoms in total. The first-order valence-electron chi connectivity index (χ1n) is 38.9. The van der Waals surface area contributed by atoms with Gasteiger partial charge in [-0.2, -0.15) is 17.6 Å². The number of alkyl halides is 5. The number of H-pyrrole nitrogens is 2. The first-order valence-corrected chi connectivity index (χ1v) is 41.5. The van der Waals surface area contributed by atoms with Crippen LogP contribution in [0.5, 0.6) is 46.0 Å². The molecule has 2 saturated carbocycles. The third-order valence-electron chi connectivity index (χ3n) is 18.8. The molecule has 4 amide bonds. The second-order valence-corrected chi connectivity index (χ2v) is 32.7. The number of anilines is 4. The zero-order valence-electron chi connectivity index (χ0n) is 71.1. The van der Waals surface area contributed by atoms with Crippen molar-refractivity contribution in [2.24, 2.45) is 11.8 Å². The molecule has 2 aromatic heterocycles. The van der Waals surface area contributed by atoms with E-state index in [2.05, 4.69) is 40.7 Å². The normalized spacial score (nSPS) is 14.2. The number of nitrogens with zero attached hydrogens (tertiary/aromatic N) is 3. The van der Waals surface area contributed by atoms with Crippen LogP contribution >= 0.6 is 62.3 Å². The molecule has 4 aliphatic heterocycles. The highest BCUT2D eigenvalue weighted by Crippen LogP contribution is 2.42. The number of carboxylic acid groups (broad SMARTS) is 1. The van der Waals surface area contributed by atoms with E-state index in [0.717, 1.165) is 40.4 Å². The van der Waals surface area contributed by atoms with Crippen molar-refractivity contribution in [3.63, 3.8) is 0 Å². The van der Waals surface area contributed by atoms with Gasteiger partial charge in [0.2, 0.25) is 0 Å². The molecule has 2 atom stereocenters. The minimum Gasteiger partial charge on any atom is -0.870 e. The van der Waals surface area contributed by atoms with Gasteiger partial charge in [0.05, 0.1) is 92.8 Å². The van der Waals surface area contributed by atoms with Gasteiger partial charge in [-0.05, 0) is 163 Å². The summed E-state index contributed by atoms with van der Waals surface area (Å²) in [6.07, 6.45) is 8.40. The number of aromatic amines is 2. The number of pyridine rings is 2. The maximum Gasteiger partial charge on any atom is 0.387 e. The van der Waals surface area contributed by atoms with Crippen LogP contribution in [0.1, 0.15) is 143 Å². The van der Waals surface area contributed by atoms with Crippen molar-refractivity contribution in [1.82, 2.24) is 0 Å². The molecule has 42 heteroatoms. The molecule has 2 fully saturated rings. The van der Waals surface area contributed by atoms with Gasteiger partial charge in [0.1, 0.15) is 85.4 Å². The van der Waals surface area contributed by atoms with Crippen molar-refractivity contribution in [3.05, 3.63) is 199 Å². The maximum absolute atomic E-state index is 13.3. The maximum atomic E-state index is 13.3. The Morgan fingerprint density at radius 3 is 1.21 bits per heavy atom. The van der Waals surface area contributed by atoms with Crippen LogP contribution in [0.15, 0.2) is 134 Å². The van der Waals surface area contributed by atoms with E-state index in [1.54, 1.807) is 69.6 Å². The number of aliphatic carboxylic acids is 1. The molecule has 130 heavy (non-hydrogen) atoms. The number of carbonyl (C=O) groups is 12. The molecule has 0 spiro atoms. The number of amides is 4. The standard InChI is InChI=1S/C29H24Cl2F2N2O7.C18H17Cl2F2NO3.C15H17NO5.C11H9NO5.C9H7NO3.C6H11BrO2.2H2O/c1-39-17-5-6-18-22(9-17)35(28(38)27(18)37)13-26(36)41-24(10-19-20(30)11-34-12-21(19)31)16-4-7-23(42-29(32)33)25(8-16)40-14-15-2-3-15;19-13-7-23-8-14(20)12(13)6-15(24)11-3-4-16(26-18(21)22)17(5-11)25-9-10-1-2-10;1-15(2,3)21-12(17)8-16-11-7-9(20-4)5-6-10(11)13(18)14(16)19;1-17-6-2-3-7-8(4-6)12(5-9(13)14)11(16)10(7)15;1-13-5-2-3-6-7(4-5)10-9(12)8(6)11;1-6(2,3)9-5(8)4-7;;/h4-9,11-12,15,24,29H,2-3,10,13-14H2,1H3;3-5,7-8,10,15,18,24H,1-2,6,9H2;5-7H,8H2,1-4H3;2-4H,5H2,1H3,(H,13,14);2-4H,1H3,(H,10,11,12);4H2,1-3H3;2*1H2/t24-;15-;;;;;;/m00....../s1. The number of carbonyl (C=O) groups excluding carboxylic acids is 11. The summed E-state index contributed by atoms with van der Waals surface area (Å²) in [6, 6.07) is 27.1. The van der Waals surface area contributed by atoms with E-state index in [1.807, 2.05) is 20.8 Å². The second-order valence-electron chi connectivity index (χ2n) is 30.5. The summed E-state index contributed by atoms with van der Waals surface area (Å²) >= 11 is 28.0. The SMILES string of the molecule is CC(C)(C)OC(=O)CBr.COc1ccc2c(c1)N(CC(=O)O)C(=O)C2=O.COc1ccc2c(c1)N(CC(=O)OC(C)(C)C)C(=O)C2=O.COc1ccc2c(c1)N(CC(=O)O[C@@H](Cc1c(Cl)c[nH+]cc1Cl)c1ccc(OC(F)F)c(OCC3CC3)c1)C(=O)C2=O.COc1ccc2c(c1)NC(=O)C2=O.O[C@@H](Cc1c(Cl)c[nH+]cc1Cl)c1ccc(OC(F)F)c(OCC2CC2)c1.[OH-].[OH-]. The number of fused-ring (bicyclic) bond motifs is 4. The van der Waals surface area contributed by atoms with Crippen molar-refractivity contribution >= 4 is 156 Å². The van der Waals surface area contributed by atoms with E-state index in [0.29, 0.717) is 97.3 Å². The Bertz CT molecular complexity index is 5500. The number of aliphatic hydroxyl groups excluding tert-OH is 1. The van der Waals surface area contributed by atoms with E-state index in [1.165, 1.54) is 114 Å². The number of methoxy groups -OCH3 is 4. The van der Waals surface area contributed by atoms with Crippen LogP contribution in [0.2, 0.25) is 20.1 Å². The fraction of sp³-hybridized carbons (Fsp3) is 0.341. The zero-order chi connectivity index (χ0) is 93.9. The molecule has 6 aliphatic rings. The number of benzene rings is 6. The lowest BCUT2D eigenvalue weighted by Crippen LogP contribution is -2.38. The van der Waals surface area contributed by atoms with Crippen molar-refractivity contribution in [2.45, 2.75) is 117 Å². The summed E-state index contributed by atoms with van der Waals surface area (Å²) < 4.78 is 108. The monoisotopic (exact) mass is 1960 g/mol. The van der Waals surface area contributed by atoms with Gasteiger partial charge in [-0.15, -0.1) is 0 Å². The average molecular weight is 1960 g/mol. The van der Waals surface area contributed by atoms with Gasteiger partial charge < -0.3 is 78.6 Å². The highest BCUT2D eigenvalue weighted by Gasteiger charge is 2.42.